The maximum atomic E-state index is 4.67. The quantitative estimate of drug-likeness (QED) is 0.919. The molecule has 0 bridgehead atoms. The summed E-state index contributed by atoms with van der Waals surface area (Å²) in [5.74, 6) is 1.61. The van der Waals surface area contributed by atoms with Crippen molar-refractivity contribution in [3.63, 3.8) is 0 Å². The van der Waals surface area contributed by atoms with E-state index in [0.717, 1.165) is 28.6 Å². The number of rotatable bonds is 2. The van der Waals surface area contributed by atoms with Crippen LogP contribution in [0.1, 0.15) is 17.3 Å². The van der Waals surface area contributed by atoms with E-state index in [0.29, 0.717) is 6.54 Å². The lowest BCUT2D eigenvalue weighted by Gasteiger charge is -2.26. The van der Waals surface area contributed by atoms with Gasteiger partial charge >= 0.3 is 0 Å². The zero-order valence-corrected chi connectivity index (χ0v) is 13.0. The molecule has 0 saturated heterocycles. The average molecular weight is 307 g/mol. The van der Waals surface area contributed by atoms with Gasteiger partial charge < -0.3 is 10.2 Å². The summed E-state index contributed by atoms with van der Waals surface area (Å²) in [7, 11) is 1.92. The van der Waals surface area contributed by atoms with Crippen LogP contribution in [0.4, 0.5) is 5.69 Å². The number of nitrogens with zero attached hydrogens (tertiary/aromatic N) is 6. The lowest BCUT2D eigenvalue weighted by Crippen LogP contribution is -2.37. The van der Waals surface area contributed by atoms with Crippen molar-refractivity contribution in [1.29, 1.82) is 0 Å². The second-order valence-electron chi connectivity index (χ2n) is 5.62. The number of aliphatic imine (C=N–C) groups is 2. The Kier molecular flexibility index (Phi) is 3.18. The smallest absolute Gasteiger partial charge is 0.173 e. The number of aryl methyl sites for hydroxylation is 2. The van der Waals surface area contributed by atoms with Crippen molar-refractivity contribution in [2.75, 3.05) is 11.9 Å². The van der Waals surface area contributed by atoms with Gasteiger partial charge in [0.05, 0.1) is 18.8 Å². The number of nitrogens with one attached hydrogen (secondary N) is 1. The van der Waals surface area contributed by atoms with Gasteiger partial charge in [-0.05, 0) is 19.1 Å². The van der Waals surface area contributed by atoms with Gasteiger partial charge in [0.1, 0.15) is 0 Å². The largest absolute Gasteiger partial charge is 0.337 e. The first kappa shape index (κ1) is 13.7. The third-order valence-corrected chi connectivity index (χ3v) is 3.91. The molecule has 2 aliphatic heterocycles. The number of hydrogen-bond donors (Lipinski definition) is 1. The van der Waals surface area contributed by atoms with Crippen LogP contribution in [0.2, 0.25) is 0 Å². The number of pyridine rings is 1. The molecule has 0 fully saturated rings. The van der Waals surface area contributed by atoms with E-state index in [2.05, 4.69) is 30.3 Å². The molecule has 23 heavy (non-hydrogen) atoms. The second kappa shape index (κ2) is 5.35. The van der Waals surface area contributed by atoms with E-state index in [-0.39, 0.29) is 6.04 Å². The van der Waals surface area contributed by atoms with Crippen molar-refractivity contribution >= 4 is 17.4 Å². The highest BCUT2D eigenvalue weighted by molar-refractivity contribution is 6.45. The molecule has 1 unspecified atom stereocenters. The Morgan fingerprint density at radius 1 is 1.35 bits per heavy atom. The first-order valence-electron chi connectivity index (χ1n) is 7.46. The van der Waals surface area contributed by atoms with Crippen LogP contribution in [0.25, 0.3) is 0 Å². The molecule has 1 atom stereocenters. The number of hydrogen-bond acceptors (Lipinski definition) is 6. The van der Waals surface area contributed by atoms with Gasteiger partial charge in [-0.1, -0.05) is 0 Å². The van der Waals surface area contributed by atoms with Gasteiger partial charge in [0, 0.05) is 48.8 Å². The topological polar surface area (TPSA) is 70.7 Å². The van der Waals surface area contributed by atoms with Crippen molar-refractivity contribution in [1.82, 2.24) is 19.7 Å². The van der Waals surface area contributed by atoms with Gasteiger partial charge in [0.2, 0.25) is 0 Å². The highest BCUT2D eigenvalue weighted by Crippen LogP contribution is 2.28. The minimum Gasteiger partial charge on any atom is -0.337 e. The van der Waals surface area contributed by atoms with Crippen LogP contribution >= 0.6 is 0 Å². The standard InChI is InChI=1S/C16H17N7/c1-11-7-13(3-4-17-11)21-15-16-19-9-14(23(16)6-5-18-15)12-8-20-22(2)10-12/h3-8,10,14H,9H2,1-2H3,(H,17,18,21). The first-order chi connectivity index (χ1) is 11.2. The Morgan fingerprint density at radius 2 is 2.26 bits per heavy atom. The second-order valence-corrected chi connectivity index (χ2v) is 5.62. The zero-order valence-electron chi connectivity index (χ0n) is 13.0. The van der Waals surface area contributed by atoms with E-state index in [4.69, 9.17) is 0 Å². The molecular weight excluding hydrogens is 290 g/mol. The number of fused-ring (bicyclic) bond motifs is 1. The monoisotopic (exact) mass is 307 g/mol. The summed E-state index contributed by atoms with van der Waals surface area (Å²) in [4.78, 5) is 15.5. The highest BCUT2D eigenvalue weighted by atomic mass is 15.3. The summed E-state index contributed by atoms with van der Waals surface area (Å²) in [5, 5.41) is 7.59. The van der Waals surface area contributed by atoms with Crippen LogP contribution in [0, 0.1) is 6.92 Å². The van der Waals surface area contributed by atoms with Crippen molar-refractivity contribution < 1.29 is 0 Å². The van der Waals surface area contributed by atoms with Gasteiger partial charge in [0.15, 0.2) is 11.7 Å². The van der Waals surface area contributed by atoms with E-state index in [1.54, 1.807) is 12.4 Å². The molecule has 1 N–H and O–H groups in total. The fourth-order valence-electron chi connectivity index (χ4n) is 2.83. The van der Waals surface area contributed by atoms with E-state index in [1.807, 2.05) is 49.4 Å². The number of anilines is 1. The van der Waals surface area contributed by atoms with Crippen molar-refractivity contribution in [2.24, 2.45) is 17.0 Å². The summed E-state index contributed by atoms with van der Waals surface area (Å²) >= 11 is 0. The molecule has 7 nitrogen and oxygen atoms in total. The van der Waals surface area contributed by atoms with E-state index in [9.17, 15) is 0 Å². The number of amidine groups is 2. The maximum Gasteiger partial charge on any atom is 0.173 e. The Labute approximate surface area is 134 Å². The van der Waals surface area contributed by atoms with Gasteiger partial charge in [-0.2, -0.15) is 5.10 Å². The summed E-state index contributed by atoms with van der Waals surface area (Å²) in [5.41, 5.74) is 3.07. The highest BCUT2D eigenvalue weighted by Gasteiger charge is 2.32. The Bertz CT molecular complexity index is 830. The van der Waals surface area contributed by atoms with Crippen LogP contribution < -0.4 is 5.32 Å². The molecule has 0 aliphatic carbocycles. The van der Waals surface area contributed by atoms with E-state index >= 15 is 0 Å². The van der Waals surface area contributed by atoms with E-state index in [1.165, 1.54) is 0 Å². The molecule has 2 aromatic rings. The van der Waals surface area contributed by atoms with Crippen LogP contribution in [0.5, 0.6) is 0 Å². The third kappa shape index (κ3) is 2.50. The molecule has 7 heteroatoms. The van der Waals surface area contributed by atoms with Crippen LogP contribution in [0.15, 0.2) is 53.1 Å². The fraction of sp³-hybridized carbons (Fsp3) is 0.250. The lowest BCUT2D eigenvalue weighted by molar-refractivity contribution is 0.458. The van der Waals surface area contributed by atoms with Crippen molar-refractivity contribution in [3.8, 4) is 0 Å². The van der Waals surface area contributed by atoms with E-state index < -0.39 is 0 Å². The van der Waals surface area contributed by atoms with Crippen molar-refractivity contribution in [2.45, 2.75) is 13.0 Å². The Hall–Kier alpha value is -2.96. The Balaban J connectivity index is 1.58. The zero-order chi connectivity index (χ0) is 15.8. The van der Waals surface area contributed by atoms with Gasteiger partial charge in [-0.3, -0.25) is 14.7 Å². The third-order valence-electron chi connectivity index (χ3n) is 3.91. The molecule has 0 amide bonds. The number of aromatic nitrogens is 3. The molecule has 4 heterocycles. The minimum atomic E-state index is 0.168. The molecule has 2 aliphatic rings. The summed E-state index contributed by atoms with van der Waals surface area (Å²) in [6.45, 7) is 2.66. The molecule has 2 aromatic heterocycles. The molecule has 0 aromatic carbocycles. The molecule has 4 rings (SSSR count). The predicted octanol–water partition coefficient (Wildman–Crippen LogP) is 1.87. The van der Waals surface area contributed by atoms with Crippen molar-refractivity contribution in [3.05, 3.63) is 54.4 Å². The predicted molar refractivity (Wildman–Crippen MR) is 89.3 cm³/mol. The SMILES string of the molecule is Cc1cc(NC2=NC=CN3C2=NCC3c2cnn(C)c2)ccn1. The first-order valence-corrected chi connectivity index (χ1v) is 7.46. The molecule has 0 spiro atoms. The summed E-state index contributed by atoms with van der Waals surface area (Å²) in [6, 6.07) is 4.08. The average Bonchev–Trinajstić information content (AvgIpc) is 3.14. The summed E-state index contributed by atoms with van der Waals surface area (Å²) < 4.78 is 1.81. The van der Waals surface area contributed by atoms with Gasteiger partial charge in [-0.25, -0.2) is 4.99 Å². The van der Waals surface area contributed by atoms with Gasteiger partial charge in [0.25, 0.3) is 0 Å². The van der Waals surface area contributed by atoms with Crippen LogP contribution in [-0.2, 0) is 7.05 Å². The molecule has 116 valence electrons. The fourth-order valence-corrected chi connectivity index (χ4v) is 2.83. The maximum absolute atomic E-state index is 4.67. The minimum absolute atomic E-state index is 0.168. The normalized spacial score (nSPS) is 19.4. The Morgan fingerprint density at radius 3 is 3.04 bits per heavy atom. The summed E-state index contributed by atoms with van der Waals surface area (Å²) in [6.07, 6.45) is 9.46. The van der Waals surface area contributed by atoms with Crippen LogP contribution in [-0.4, -0.2) is 37.9 Å². The lowest BCUT2D eigenvalue weighted by atomic mass is 10.1. The van der Waals surface area contributed by atoms with Crippen LogP contribution in [0.3, 0.4) is 0 Å². The molecule has 0 saturated carbocycles. The molecular formula is C16H17N7. The molecule has 0 radical (unpaired) electrons. The van der Waals surface area contributed by atoms with Gasteiger partial charge in [-0.15, -0.1) is 0 Å².